The standard InChI is InChI=1S/C22H16FIN2O2/c23-17-9-5-4-8-16(17)19-20-18(11-10-15(12-24)25-20)26(21(19)22(27)28)13-14-6-2-1-3-7-14/h1-11H,12-13H2,(H,27,28). The van der Waals surface area contributed by atoms with Crippen LogP contribution in [0.15, 0.2) is 66.7 Å². The number of aromatic nitrogens is 2. The highest BCUT2D eigenvalue weighted by atomic mass is 127. The molecule has 0 atom stereocenters. The van der Waals surface area contributed by atoms with E-state index in [0.29, 0.717) is 27.6 Å². The molecule has 0 saturated carbocycles. The summed E-state index contributed by atoms with van der Waals surface area (Å²) < 4.78 is 17.0. The van der Waals surface area contributed by atoms with Crippen molar-refractivity contribution in [2.75, 3.05) is 0 Å². The summed E-state index contributed by atoms with van der Waals surface area (Å²) in [6.45, 7) is 0.360. The Hall–Kier alpha value is -2.74. The van der Waals surface area contributed by atoms with Gasteiger partial charge >= 0.3 is 5.97 Å². The average Bonchev–Trinajstić information content (AvgIpc) is 3.02. The maximum atomic E-state index is 14.6. The van der Waals surface area contributed by atoms with Crippen LogP contribution in [0, 0.1) is 5.82 Å². The molecule has 4 nitrogen and oxygen atoms in total. The van der Waals surface area contributed by atoms with E-state index < -0.39 is 11.8 Å². The number of fused-ring (bicyclic) bond motifs is 1. The van der Waals surface area contributed by atoms with Crippen molar-refractivity contribution in [3.05, 3.63) is 89.5 Å². The number of aromatic carboxylic acids is 1. The molecule has 2 aromatic heterocycles. The highest BCUT2D eigenvalue weighted by Crippen LogP contribution is 2.36. The molecule has 4 aromatic rings. The molecule has 0 saturated heterocycles. The van der Waals surface area contributed by atoms with Crippen LogP contribution < -0.4 is 0 Å². The lowest BCUT2D eigenvalue weighted by atomic mass is 10.0. The van der Waals surface area contributed by atoms with Crippen LogP contribution in [-0.2, 0) is 11.0 Å². The van der Waals surface area contributed by atoms with Crippen LogP contribution in [0.1, 0.15) is 21.7 Å². The Morgan fingerprint density at radius 3 is 2.43 bits per heavy atom. The lowest BCUT2D eigenvalue weighted by Crippen LogP contribution is -2.10. The van der Waals surface area contributed by atoms with Gasteiger partial charge in [0.15, 0.2) is 0 Å². The van der Waals surface area contributed by atoms with Crippen LogP contribution in [0.4, 0.5) is 4.39 Å². The predicted molar refractivity (Wildman–Crippen MR) is 115 cm³/mol. The van der Waals surface area contributed by atoms with Gasteiger partial charge in [-0.25, -0.2) is 14.2 Å². The van der Waals surface area contributed by atoms with Crippen LogP contribution in [-0.4, -0.2) is 20.6 Å². The third kappa shape index (κ3) is 3.28. The molecule has 4 rings (SSSR count). The number of carboxylic acids is 1. The normalized spacial score (nSPS) is 11.1. The number of carbonyl (C=O) groups is 1. The van der Waals surface area contributed by atoms with Gasteiger partial charge in [0.25, 0.3) is 0 Å². The molecule has 1 N–H and O–H groups in total. The number of pyridine rings is 1. The number of hydrogen-bond acceptors (Lipinski definition) is 2. The van der Waals surface area contributed by atoms with Gasteiger partial charge in [-0.3, -0.25) is 0 Å². The van der Waals surface area contributed by atoms with Gasteiger partial charge < -0.3 is 9.67 Å². The van der Waals surface area contributed by atoms with Crippen molar-refractivity contribution in [1.29, 1.82) is 0 Å². The third-order valence-corrected chi connectivity index (χ3v) is 5.41. The van der Waals surface area contributed by atoms with Crippen LogP contribution in [0.3, 0.4) is 0 Å². The largest absolute Gasteiger partial charge is 0.477 e. The van der Waals surface area contributed by atoms with Gasteiger partial charge in [0.1, 0.15) is 11.5 Å². The van der Waals surface area contributed by atoms with Gasteiger partial charge in [0.05, 0.1) is 16.7 Å². The first-order chi connectivity index (χ1) is 13.6. The molecule has 0 bridgehead atoms. The van der Waals surface area contributed by atoms with Gasteiger partial charge in [-0.05, 0) is 23.8 Å². The molecule has 0 unspecified atom stereocenters. The molecule has 28 heavy (non-hydrogen) atoms. The highest BCUT2D eigenvalue weighted by molar-refractivity contribution is 14.1. The zero-order chi connectivity index (χ0) is 19.7. The number of benzene rings is 2. The summed E-state index contributed by atoms with van der Waals surface area (Å²) in [6.07, 6.45) is 0. The number of hydrogen-bond donors (Lipinski definition) is 1. The minimum Gasteiger partial charge on any atom is -0.477 e. The Bertz CT molecular complexity index is 1170. The second-order valence-corrected chi connectivity index (χ2v) is 7.15. The van der Waals surface area contributed by atoms with Crippen LogP contribution >= 0.6 is 22.6 Å². The zero-order valence-corrected chi connectivity index (χ0v) is 16.9. The Balaban J connectivity index is 2.07. The van der Waals surface area contributed by atoms with Gasteiger partial charge in [0, 0.05) is 22.1 Å². The van der Waals surface area contributed by atoms with Crippen molar-refractivity contribution >= 4 is 39.6 Å². The quantitative estimate of drug-likeness (QED) is 0.299. The molecule has 0 fully saturated rings. The number of nitrogens with zero attached hydrogens (tertiary/aromatic N) is 2. The van der Waals surface area contributed by atoms with Crippen LogP contribution in [0.25, 0.3) is 22.2 Å². The maximum absolute atomic E-state index is 14.6. The van der Waals surface area contributed by atoms with Gasteiger partial charge in [0.2, 0.25) is 0 Å². The molecule has 0 spiro atoms. The SMILES string of the molecule is O=C(O)c1c(-c2ccccc2F)c2nc(CI)ccc2n1Cc1ccccc1. The Kier molecular flexibility index (Phi) is 5.13. The summed E-state index contributed by atoms with van der Waals surface area (Å²) in [7, 11) is 0. The van der Waals surface area contributed by atoms with Crippen LogP contribution in [0.5, 0.6) is 0 Å². The van der Waals surface area contributed by atoms with E-state index in [-0.39, 0.29) is 11.3 Å². The molecular formula is C22H16FIN2O2. The molecule has 140 valence electrons. The number of halogens is 2. The summed E-state index contributed by atoms with van der Waals surface area (Å²) in [5, 5.41) is 10.0. The molecule has 2 aromatic carbocycles. The Labute approximate surface area is 174 Å². The maximum Gasteiger partial charge on any atom is 0.353 e. The lowest BCUT2D eigenvalue weighted by Gasteiger charge is -2.09. The van der Waals surface area contributed by atoms with E-state index in [0.717, 1.165) is 11.3 Å². The van der Waals surface area contributed by atoms with Crippen molar-refractivity contribution < 1.29 is 14.3 Å². The fourth-order valence-corrected chi connectivity index (χ4v) is 3.83. The third-order valence-electron chi connectivity index (χ3n) is 4.63. The van der Waals surface area contributed by atoms with E-state index in [1.54, 1.807) is 22.8 Å². The highest BCUT2D eigenvalue weighted by Gasteiger charge is 2.26. The van der Waals surface area contributed by atoms with E-state index in [2.05, 4.69) is 27.6 Å². The van der Waals surface area contributed by atoms with Crippen molar-refractivity contribution in [1.82, 2.24) is 9.55 Å². The van der Waals surface area contributed by atoms with E-state index >= 15 is 0 Å². The molecular weight excluding hydrogens is 470 g/mol. The van der Waals surface area contributed by atoms with Gasteiger partial charge in [-0.1, -0.05) is 71.1 Å². The van der Waals surface area contributed by atoms with Crippen molar-refractivity contribution in [2.24, 2.45) is 0 Å². The van der Waals surface area contributed by atoms with Gasteiger partial charge in [-0.15, -0.1) is 0 Å². The minimum atomic E-state index is -1.11. The summed E-state index contributed by atoms with van der Waals surface area (Å²) in [5.41, 5.74) is 3.57. The zero-order valence-electron chi connectivity index (χ0n) is 14.8. The fraction of sp³-hybridized carbons (Fsp3) is 0.0909. The van der Waals surface area contributed by atoms with E-state index in [1.165, 1.54) is 6.07 Å². The Morgan fingerprint density at radius 1 is 1.04 bits per heavy atom. The monoisotopic (exact) mass is 486 g/mol. The smallest absolute Gasteiger partial charge is 0.353 e. The van der Waals surface area contributed by atoms with E-state index in [1.807, 2.05) is 42.5 Å². The number of carboxylic acid groups (broad SMARTS) is 1. The van der Waals surface area contributed by atoms with Crippen molar-refractivity contribution in [3.8, 4) is 11.1 Å². The first-order valence-corrected chi connectivity index (χ1v) is 10.2. The van der Waals surface area contributed by atoms with E-state index in [4.69, 9.17) is 0 Å². The van der Waals surface area contributed by atoms with Crippen LogP contribution in [0.2, 0.25) is 0 Å². The second kappa shape index (κ2) is 7.71. The summed E-state index contributed by atoms with van der Waals surface area (Å²) in [5.74, 6) is -1.58. The molecule has 0 aliphatic rings. The van der Waals surface area contributed by atoms with Gasteiger partial charge in [-0.2, -0.15) is 0 Å². The second-order valence-electron chi connectivity index (χ2n) is 6.38. The molecule has 0 radical (unpaired) electrons. The van der Waals surface area contributed by atoms with E-state index in [9.17, 15) is 14.3 Å². The van der Waals surface area contributed by atoms with Crippen molar-refractivity contribution in [3.63, 3.8) is 0 Å². The first-order valence-electron chi connectivity index (χ1n) is 8.70. The summed E-state index contributed by atoms with van der Waals surface area (Å²) in [4.78, 5) is 16.9. The molecule has 6 heteroatoms. The molecule has 2 heterocycles. The lowest BCUT2D eigenvalue weighted by molar-refractivity contribution is 0.0687. The average molecular weight is 486 g/mol. The first kappa shape index (κ1) is 18.6. The summed E-state index contributed by atoms with van der Waals surface area (Å²) >= 11 is 2.21. The molecule has 0 amide bonds. The molecule has 0 aliphatic carbocycles. The fourth-order valence-electron chi connectivity index (χ4n) is 3.41. The number of rotatable bonds is 5. The summed E-state index contributed by atoms with van der Waals surface area (Å²) in [6, 6.07) is 19.6. The number of alkyl halides is 1. The Morgan fingerprint density at radius 2 is 1.75 bits per heavy atom. The predicted octanol–water partition coefficient (Wildman–Crippen LogP) is 5.52. The van der Waals surface area contributed by atoms with Crippen molar-refractivity contribution in [2.45, 2.75) is 11.0 Å². The topological polar surface area (TPSA) is 55.1 Å². The minimum absolute atomic E-state index is 0.0436. The molecule has 0 aliphatic heterocycles.